The van der Waals surface area contributed by atoms with Crippen molar-refractivity contribution in [3.63, 3.8) is 0 Å². The summed E-state index contributed by atoms with van der Waals surface area (Å²) in [5, 5.41) is 0. The quantitative estimate of drug-likeness (QED) is 0.580. The fraction of sp³-hybridized carbons (Fsp3) is 0.632. The van der Waals surface area contributed by atoms with Gasteiger partial charge >= 0.3 is 5.97 Å². The number of nitrogens with zero attached hydrogens (tertiary/aromatic N) is 1. The monoisotopic (exact) mass is 317 g/mol. The number of hydrogen-bond acceptors (Lipinski definition) is 4. The van der Waals surface area contributed by atoms with Crippen molar-refractivity contribution in [2.45, 2.75) is 45.3 Å². The Morgan fingerprint density at radius 2 is 2.09 bits per heavy atom. The lowest BCUT2D eigenvalue weighted by atomic mass is 9.84. The average Bonchev–Trinajstić information content (AvgIpc) is 2.88. The van der Waals surface area contributed by atoms with Crippen LogP contribution in [0, 0.1) is 5.92 Å². The number of fused-ring (bicyclic) bond motifs is 1. The standard InChI is InChI=1S/C19H27NO3/c1-13(2)16-12-17(20-7-9-22-10-8-20)14(3)5-4-6-15-11-18(16)23-19(15)21/h5,11,16-18H,1,4,6-10,12H2,2-3H3/b14-5+/t16-,17+,18-/m0/s1. The van der Waals surface area contributed by atoms with Crippen molar-refractivity contribution >= 4 is 5.97 Å². The van der Waals surface area contributed by atoms with Crippen LogP contribution in [0.1, 0.15) is 33.1 Å². The van der Waals surface area contributed by atoms with E-state index in [1.54, 1.807) is 0 Å². The molecular formula is C19H27NO3. The fourth-order valence-electron chi connectivity index (χ4n) is 3.84. The molecule has 2 bridgehead atoms. The van der Waals surface area contributed by atoms with Gasteiger partial charge in [-0.1, -0.05) is 23.8 Å². The second-order valence-corrected chi connectivity index (χ2v) is 6.90. The Morgan fingerprint density at radius 1 is 1.35 bits per heavy atom. The average molecular weight is 317 g/mol. The maximum atomic E-state index is 12.1. The van der Waals surface area contributed by atoms with Crippen LogP contribution >= 0.6 is 0 Å². The summed E-state index contributed by atoms with van der Waals surface area (Å²) in [5.74, 6) is 0.0304. The third kappa shape index (κ3) is 3.59. The van der Waals surface area contributed by atoms with E-state index in [4.69, 9.17) is 9.47 Å². The van der Waals surface area contributed by atoms with Crippen molar-refractivity contribution < 1.29 is 14.3 Å². The first-order valence-electron chi connectivity index (χ1n) is 8.62. The molecule has 1 saturated heterocycles. The van der Waals surface area contributed by atoms with Gasteiger partial charge in [-0.3, -0.25) is 4.90 Å². The number of carbonyl (C=O) groups is 1. The van der Waals surface area contributed by atoms with Gasteiger partial charge in [0.1, 0.15) is 6.10 Å². The van der Waals surface area contributed by atoms with Gasteiger partial charge in [-0.15, -0.1) is 0 Å². The third-order valence-corrected chi connectivity index (χ3v) is 5.27. The highest BCUT2D eigenvalue weighted by atomic mass is 16.5. The zero-order chi connectivity index (χ0) is 16.4. The van der Waals surface area contributed by atoms with Crippen LogP contribution in [0.5, 0.6) is 0 Å². The van der Waals surface area contributed by atoms with Gasteiger partial charge in [-0.05, 0) is 39.2 Å². The van der Waals surface area contributed by atoms with Crippen LogP contribution in [0.25, 0.3) is 0 Å². The maximum Gasteiger partial charge on any atom is 0.334 e. The zero-order valence-electron chi connectivity index (χ0n) is 14.2. The number of carbonyl (C=O) groups excluding carboxylic acids is 1. The molecule has 0 aromatic rings. The molecule has 23 heavy (non-hydrogen) atoms. The molecule has 0 radical (unpaired) electrons. The van der Waals surface area contributed by atoms with Gasteiger partial charge in [-0.2, -0.15) is 0 Å². The second-order valence-electron chi connectivity index (χ2n) is 6.90. The van der Waals surface area contributed by atoms with Crippen LogP contribution in [-0.2, 0) is 14.3 Å². The van der Waals surface area contributed by atoms with Crippen LogP contribution < -0.4 is 0 Å². The molecule has 1 aliphatic carbocycles. The molecule has 0 spiro atoms. The Kier molecular flexibility index (Phi) is 5.02. The highest BCUT2D eigenvalue weighted by Crippen LogP contribution is 2.34. The van der Waals surface area contributed by atoms with Crippen LogP contribution in [0.3, 0.4) is 0 Å². The molecule has 0 aromatic carbocycles. The van der Waals surface area contributed by atoms with E-state index in [-0.39, 0.29) is 18.0 Å². The van der Waals surface area contributed by atoms with E-state index < -0.39 is 0 Å². The summed E-state index contributed by atoms with van der Waals surface area (Å²) in [5.41, 5.74) is 3.31. The number of rotatable bonds is 2. The number of morpholine rings is 1. The molecule has 1 fully saturated rings. The molecule has 3 atom stereocenters. The van der Waals surface area contributed by atoms with Crippen molar-refractivity contribution in [3.05, 3.63) is 35.5 Å². The molecule has 0 saturated carbocycles. The smallest absolute Gasteiger partial charge is 0.334 e. The first-order chi connectivity index (χ1) is 11.1. The lowest BCUT2D eigenvalue weighted by Gasteiger charge is -2.38. The number of esters is 1. The second kappa shape index (κ2) is 7.02. The molecular weight excluding hydrogens is 290 g/mol. The van der Waals surface area contributed by atoms with Crippen molar-refractivity contribution in [2.75, 3.05) is 26.3 Å². The van der Waals surface area contributed by atoms with E-state index in [0.29, 0.717) is 6.04 Å². The highest BCUT2D eigenvalue weighted by Gasteiger charge is 2.35. The van der Waals surface area contributed by atoms with E-state index >= 15 is 0 Å². The van der Waals surface area contributed by atoms with Crippen LogP contribution in [0.4, 0.5) is 0 Å². The van der Waals surface area contributed by atoms with Crippen LogP contribution in [0.15, 0.2) is 35.5 Å². The Morgan fingerprint density at radius 3 is 2.78 bits per heavy atom. The summed E-state index contributed by atoms with van der Waals surface area (Å²) in [6, 6.07) is 0.370. The summed E-state index contributed by atoms with van der Waals surface area (Å²) < 4.78 is 11.1. The number of hydrogen-bond donors (Lipinski definition) is 0. The van der Waals surface area contributed by atoms with Crippen LogP contribution in [-0.4, -0.2) is 49.3 Å². The lowest BCUT2D eigenvalue weighted by Crippen LogP contribution is -2.45. The first-order valence-corrected chi connectivity index (χ1v) is 8.62. The molecule has 3 aliphatic rings. The van der Waals surface area contributed by atoms with E-state index in [1.165, 1.54) is 5.57 Å². The van der Waals surface area contributed by atoms with Crippen LogP contribution in [0.2, 0.25) is 0 Å². The van der Waals surface area contributed by atoms with Crippen molar-refractivity contribution in [2.24, 2.45) is 5.92 Å². The predicted octanol–water partition coefficient (Wildman–Crippen LogP) is 2.86. The maximum absolute atomic E-state index is 12.1. The van der Waals surface area contributed by atoms with Gasteiger partial charge in [0, 0.05) is 30.6 Å². The van der Waals surface area contributed by atoms with Crippen molar-refractivity contribution in [3.8, 4) is 0 Å². The van der Waals surface area contributed by atoms with E-state index in [2.05, 4.69) is 24.5 Å². The highest BCUT2D eigenvalue weighted by molar-refractivity contribution is 5.91. The molecule has 126 valence electrons. The van der Waals surface area contributed by atoms with E-state index in [9.17, 15) is 4.79 Å². The molecule has 3 rings (SSSR count). The first kappa shape index (κ1) is 16.5. The fourth-order valence-corrected chi connectivity index (χ4v) is 3.84. The third-order valence-electron chi connectivity index (χ3n) is 5.27. The summed E-state index contributed by atoms with van der Waals surface area (Å²) in [4.78, 5) is 14.6. The minimum absolute atomic E-state index is 0.142. The molecule has 4 heteroatoms. The minimum Gasteiger partial charge on any atom is -0.454 e. The molecule has 0 amide bonds. The Balaban J connectivity index is 1.88. The van der Waals surface area contributed by atoms with Gasteiger partial charge in [0.05, 0.1) is 13.2 Å². The largest absolute Gasteiger partial charge is 0.454 e. The normalized spacial score (nSPS) is 35.0. The summed E-state index contributed by atoms with van der Waals surface area (Å²) in [6.07, 6.45) is 6.79. The molecule has 2 heterocycles. The van der Waals surface area contributed by atoms with Gasteiger partial charge in [0.2, 0.25) is 0 Å². The van der Waals surface area contributed by atoms with E-state index in [1.807, 2.05) is 13.0 Å². The summed E-state index contributed by atoms with van der Waals surface area (Å²) >= 11 is 0. The lowest BCUT2D eigenvalue weighted by molar-refractivity contribution is -0.141. The Bertz CT molecular complexity index is 543. The molecule has 4 nitrogen and oxygen atoms in total. The van der Waals surface area contributed by atoms with Crippen molar-refractivity contribution in [1.82, 2.24) is 4.90 Å². The van der Waals surface area contributed by atoms with Gasteiger partial charge in [0.15, 0.2) is 0 Å². The van der Waals surface area contributed by atoms with E-state index in [0.717, 1.165) is 56.7 Å². The van der Waals surface area contributed by atoms with Gasteiger partial charge in [0.25, 0.3) is 0 Å². The molecule has 0 N–H and O–H groups in total. The van der Waals surface area contributed by atoms with Crippen molar-refractivity contribution in [1.29, 1.82) is 0 Å². The predicted molar refractivity (Wildman–Crippen MR) is 90.1 cm³/mol. The topological polar surface area (TPSA) is 38.8 Å². The SMILES string of the molecule is C=C(C)[C@@H]1C[C@@H](N2CCOCC2)/C(C)=C/CCC2=C[C@@H]1OC2=O. The van der Waals surface area contributed by atoms with Gasteiger partial charge < -0.3 is 9.47 Å². The number of allylic oxidation sites excluding steroid dienone is 1. The van der Waals surface area contributed by atoms with Gasteiger partial charge in [-0.25, -0.2) is 4.79 Å². The summed E-state index contributed by atoms with van der Waals surface area (Å²) in [7, 11) is 0. The Hall–Kier alpha value is -1.39. The molecule has 0 aromatic heterocycles. The molecule has 0 unspecified atom stereocenters. The number of ether oxygens (including phenoxy) is 2. The zero-order valence-corrected chi connectivity index (χ0v) is 14.2. The summed E-state index contributed by atoms with van der Waals surface area (Å²) in [6.45, 7) is 12.0. The Labute approximate surface area is 138 Å². The molecule has 2 aliphatic heterocycles. The minimum atomic E-state index is -0.149.